The molecule has 0 aliphatic carbocycles. The van der Waals surface area contributed by atoms with Gasteiger partial charge in [0.2, 0.25) is 5.89 Å². The largest absolute Gasteiger partial charge is 0.339 e. The SMILES string of the molecule is CCNCC(C)c1nc(C(C)CC)no1. The quantitative estimate of drug-likeness (QED) is 0.784. The van der Waals surface area contributed by atoms with Crippen molar-refractivity contribution in [2.24, 2.45) is 0 Å². The van der Waals surface area contributed by atoms with Crippen molar-refractivity contribution in [2.75, 3.05) is 13.1 Å². The lowest BCUT2D eigenvalue weighted by Crippen LogP contribution is -2.19. The molecule has 0 bridgehead atoms. The van der Waals surface area contributed by atoms with Gasteiger partial charge in [-0.3, -0.25) is 0 Å². The maximum absolute atomic E-state index is 5.25. The van der Waals surface area contributed by atoms with Gasteiger partial charge in [0.1, 0.15) is 0 Å². The molecule has 0 saturated heterocycles. The van der Waals surface area contributed by atoms with E-state index in [4.69, 9.17) is 4.52 Å². The Morgan fingerprint density at radius 2 is 2.00 bits per heavy atom. The van der Waals surface area contributed by atoms with Gasteiger partial charge in [0, 0.05) is 18.4 Å². The molecule has 4 nitrogen and oxygen atoms in total. The van der Waals surface area contributed by atoms with Gasteiger partial charge >= 0.3 is 0 Å². The molecule has 1 aromatic rings. The minimum Gasteiger partial charge on any atom is -0.339 e. The van der Waals surface area contributed by atoms with E-state index in [-0.39, 0.29) is 5.92 Å². The molecule has 1 N–H and O–H groups in total. The molecular formula is C11H21N3O. The standard InChI is InChI=1S/C11H21N3O/c1-5-8(3)10-13-11(15-14-10)9(4)7-12-6-2/h8-9,12H,5-7H2,1-4H3. The van der Waals surface area contributed by atoms with E-state index in [0.717, 1.165) is 31.2 Å². The van der Waals surface area contributed by atoms with Gasteiger partial charge in [0.05, 0.1) is 0 Å². The molecule has 0 aliphatic heterocycles. The first-order valence-corrected chi connectivity index (χ1v) is 5.73. The molecular weight excluding hydrogens is 190 g/mol. The van der Waals surface area contributed by atoms with Crippen LogP contribution in [0, 0.1) is 0 Å². The van der Waals surface area contributed by atoms with E-state index in [2.05, 4.69) is 43.2 Å². The van der Waals surface area contributed by atoms with Crippen LogP contribution in [-0.2, 0) is 0 Å². The summed E-state index contributed by atoms with van der Waals surface area (Å²) >= 11 is 0. The fourth-order valence-electron chi connectivity index (χ4n) is 1.28. The summed E-state index contributed by atoms with van der Waals surface area (Å²) in [5, 5.41) is 7.27. The summed E-state index contributed by atoms with van der Waals surface area (Å²) in [5.41, 5.74) is 0. The van der Waals surface area contributed by atoms with Crippen molar-refractivity contribution in [1.82, 2.24) is 15.5 Å². The van der Waals surface area contributed by atoms with Gasteiger partial charge in [-0.1, -0.05) is 32.9 Å². The van der Waals surface area contributed by atoms with E-state index in [9.17, 15) is 0 Å². The van der Waals surface area contributed by atoms with Crippen molar-refractivity contribution in [2.45, 2.75) is 46.0 Å². The van der Waals surface area contributed by atoms with E-state index < -0.39 is 0 Å². The van der Waals surface area contributed by atoms with Crippen molar-refractivity contribution in [3.05, 3.63) is 11.7 Å². The number of likely N-dealkylation sites (N-methyl/N-ethyl adjacent to an activating group) is 1. The highest BCUT2D eigenvalue weighted by Crippen LogP contribution is 2.18. The van der Waals surface area contributed by atoms with Crippen LogP contribution in [0.2, 0.25) is 0 Å². The van der Waals surface area contributed by atoms with Gasteiger partial charge in [0.15, 0.2) is 5.82 Å². The zero-order valence-corrected chi connectivity index (χ0v) is 10.1. The van der Waals surface area contributed by atoms with Gasteiger partial charge in [-0.15, -0.1) is 0 Å². The van der Waals surface area contributed by atoms with Crippen LogP contribution in [0.4, 0.5) is 0 Å². The maximum Gasteiger partial charge on any atom is 0.230 e. The normalized spacial score (nSPS) is 15.2. The Bertz CT molecular complexity index is 285. The fourth-order valence-corrected chi connectivity index (χ4v) is 1.28. The summed E-state index contributed by atoms with van der Waals surface area (Å²) in [4.78, 5) is 4.42. The van der Waals surface area contributed by atoms with E-state index in [0.29, 0.717) is 5.92 Å². The lowest BCUT2D eigenvalue weighted by molar-refractivity contribution is 0.349. The molecule has 2 atom stereocenters. The summed E-state index contributed by atoms with van der Waals surface area (Å²) in [6.07, 6.45) is 1.04. The number of nitrogens with zero attached hydrogens (tertiary/aromatic N) is 2. The van der Waals surface area contributed by atoms with Gasteiger partial charge < -0.3 is 9.84 Å². The van der Waals surface area contributed by atoms with Crippen LogP contribution in [0.3, 0.4) is 0 Å². The number of rotatable bonds is 6. The Balaban J connectivity index is 2.58. The average Bonchev–Trinajstić information content (AvgIpc) is 2.74. The average molecular weight is 211 g/mol. The van der Waals surface area contributed by atoms with E-state index in [1.807, 2.05) is 0 Å². The fraction of sp³-hybridized carbons (Fsp3) is 0.818. The maximum atomic E-state index is 5.25. The van der Waals surface area contributed by atoms with Crippen LogP contribution in [-0.4, -0.2) is 23.2 Å². The second kappa shape index (κ2) is 5.85. The van der Waals surface area contributed by atoms with E-state index >= 15 is 0 Å². The minimum absolute atomic E-state index is 0.287. The van der Waals surface area contributed by atoms with E-state index in [1.165, 1.54) is 0 Å². The highest BCUT2D eigenvalue weighted by atomic mass is 16.5. The van der Waals surface area contributed by atoms with Crippen molar-refractivity contribution in [3.63, 3.8) is 0 Å². The Kier molecular flexibility index (Phi) is 4.75. The molecule has 0 radical (unpaired) electrons. The second-order valence-electron chi connectivity index (χ2n) is 4.01. The molecule has 4 heteroatoms. The first-order valence-electron chi connectivity index (χ1n) is 5.73. The second-order valence-corrected chi connectivity index (χ2v) is 4.01. The molecule has 15 heavy (non-hydrogen) atoms. The molecule has 1 heterocycles. The van der Waals surface area contributed by atoms with Crippen LogP contribution >= 0.6 is 0 Å². The summed E-state index contributed by atoms with van der Waals surface area (Å²) in [5.74, 6) is 2.24. The van der Waals surface area contributed by atoms with Crippen molar-refractivity contribution >= 4 is 0 Å². The van der Waals surface area contributed by atoms with Crippen molar-refractivity contribution < 1.29 is 4.52 Å². The predicted octanol–water partition coefficient (Wildman–Crippen LogP) is 2.30. The Morgan fingerprint density at radius 3 is 2.60 bits per heavy atom. The summed E-state index contributed by atoms with van der Waals surface area (Å²) in [6, 6.07) is 0. The number of aromatic nitrogens is 2. The molecule has 1 rings (SSSR count). The van der Waals surface area contributed by atoms with Gasteiger partial charge in [-0.2, -0.15) is 4.98 Å². The summed E-state index contributed by atoms with van der Waals surface area (Å²) in [7, 11) is 0. The zero-order valence-electron chi connectivity index (χ0n) is 10.1. The number of hydrogen-bond acceptors (Lipinski definition) is 4. The highest BCUT2D eigenvalue weighted by Gasteiger charge is 2.16. The molecule has 0 saturated carbocycles. The smallest absolute Gasteiger partial charge is 0.230 e. The van der Waals surface area contributed by atoms with Gasteiger partial charge in [0.25, 0.3) is 0 Å². The molecule has 2 unspecified atom stereocenters. The van der Waals surface area contributed by atoms with Crippen LogP contribution < -0.4 is 5.32 Å². The third-order valence-electron chi connectivity index (χ3n) is 2.63. The van der Waals surface area contributed by atoms with Crippen molar-refractivity contribution in [3.8, 4) is 0 Å². The first-order chi connectivity index (χ1) is 7.19. The Labute approximate surface area is 91.5 Å². The predicted molar refractivity (Wildman–Crippen MR) is 60.0 cm³/mol. The monoisotopic (exact) mass is 211 g/mol. The van der Waals surface area contributed by atoms with Crippen molar-refractivity contribution in [1.29, 1.82) is 0 Å². The molecule has 0 aromatic carbocycles. The van der Waals surface area contributed by atoms with Crippen LogP contribution in [0.25, 0.3) is 0 Å². The highest BCUT2D eigenvalue weighted by molar-refractivity contribution is 4.97. The topological polar surface area (TPSA) is 51.0 Å². The van der Waals surface area contributed by atoms with Crippen LogP contribution in [0.1, 0.15) is 57.7 Å². The summed E-state index contributed by atoms with van der Waals surface area (Å²) in [6.45, 7) is 10.3. The minimum atomic E-state index is 0.287. The third kappa shape index (κ3) is 3.30. The molecule has 86 valence electrons. The number of nitrogens with one attached hydrogen (secondary N) is 1. The zero-order chi connectivity index (χ0) is 11.3. The van der Waals surface area contributed by atoms with Crippen LogP contribution in [0.5, 0.6) is 0 Å². The van der Waals surface area contributed by atoms with E-state index in [1.54, 1.807) is 0 Å². The number of hydrogen-bond donors (Lipinski definition) is 1. The first kappa shape index (κ1) is 12.2. The Hall–Kier alpha value is -0.900. The molecule has 0 fully saturated rings. The van der Waals surface area contributed by atoms with Gasteiger partial charge in [-0.25, -0.2) is 0 Å². The molecule has 0 spiro atoms. The molecule has 0 aliphatic rings. The lowest BCUT2D eigenvalue weighted by atomic mass is 10.1. The lowest BCUT2D eigenvalue weighted by Gasteiger charge is -2.05. The Morgan fingerprint density at radius 1 is 1.27 bits per heavy atom. The van der Waals surface area contributed by atoms with Gasteiger partial charge in [-0.05, 0) is 13.0 Å². The third-order valence-corrected chi connectivity index (χ3v) is 2.63. The van der Waals surface area contributed by atoms with Crippen LogP contribution in [0.15, 0.2) is 4.52 Å². The molecule has 0 amide bonds. The molecule has 1 aromatic heterocycles. The summed E-state index contributed by atoms with van der Waals surface area (Å²) < 4.78 is 5.25.